The SMILES string of the molecule is CCC(N)(Cc1ccccc1)c1ccc(F)cn1. The topological polar surface area (TPSA) is 38.9 Å². The maximum atomic E-state index is 12.9. The van der Waals surface area contributed by atoms with Gasteiger partial charge in [-0.3, -0.25) is 4.98 Å². The lowest BCUT2D eigenvalue weighted by Crippen LogP contribution is -2.39. The minimum Gasteiger partial charge on any atom is -0.320 e. The van der Waals surface area contributed by atoms with Crippen molar-refractivity contribution in [3.05, 3.63) is 65.7 Å². The molecule has 2 nitrogen and oxygen atoms in total. The highest BCUT2D eigenvalue weighted by Gasteiger charge is 2.27. The Morgan fingerprint density at radius 1 is 1.17 bits per heavy atom. The van der Waals surface area contributed by atoms with E-state index in [-0.39, 0.29) is 5.82 Å². The molecule has 1 aromatic heterocycles. The van der Waals surface area contributed by atoms with Gasteiger partial charge in [-0.25, -0.2) is 4.39 Å². The zero-order valence-electron chi connectivity index (χ0n) is 10.4. The Morgan fingerprint density at radius 2 is 1.89 bits per heavy atom. The average Bonchev–Trinajstić information content (AvgIpc) is 2.40. The molecule has 1 atom stereocenters. The predicted octanol–water partition coefficient (Wildman–Crippen LogP) is 3.03. The normalized spacial score (nSPS) is 14.2. The number of hydrogen-bond acceptors (Lipinski definition) is 2. The first-order valence-electron chi connectivity index (χ1n) is 6.09. The maximum Gasteiger partial charge on any atom is 0.141 e. The van der Waals surface area contributed by atoms with Gasteiger partial charge in [0.05, 0.1) is 17.4 Å². The third kappa shape index (κ3) is 2.74. The second kappa shape index (κ2) is 5.27. The van der Waals surface area contributed by atoms with Gasteiger partial charge in [-0.1, -0.05) is 37.3 Å². The third-order valence-corrected chi connectivity index (χ3v) is 3.23. The first-order valence-corrected chi connectivity index (χ1v) is 6.09. The minimum absolute atomic E-state index is 0.336. The third-order valence-electron chi connectivity index (χ3n) is 3.23. The quantitative estimate of drug-likeness (QED) is 0.897. The Bertz CT molecular complexity index is 496. The molecule has 18 heavy (non-hydrogen) atoms. The molecule has 1 unspecified atom stereocenters. The van der Waals surface area contributed by atoms with Gasteiger partial charge in [0, 0.05) is 0 Å². The van der Waals surface area contributed by atoms with E-state index in [0.29, 0.717) is 6.42 Å². The van der Waals surface area contributed by atoms with Crippen LogP contribution in [0.15, 0.2) is 48.7 Å². The smallest absolute Gasteiger partial charge is 0.141 e. The van der Waals surface area contributed by atoms with Crippen molar-refractivity contribution in [2.24, 2.45) is 5.73 Å². The number of aromatic nitrogens is 1. The first-order chi connectivity index (χ1) is 8.64. The Morgan fingerprint density at radius 3 is 2.44 bits per heavy atom. The largest absolute Gasteiger partial charge is 0.320 e. The number of nitrogens with zero attached hydrogens (tertiary/aromatic N) is 1. The summed E-state index contributed by atoms with van der Waals surface area (Å²) < 4.78 is 12.9. The van der Waals surface area contributed by atoms with Gasteiger partial charge in [-0.15, -0.1) is 0 Å². The Hall–Kier alpha value is -1.74. The summed E-state index contributed by atoms with van der Waals surface area (Å²) in [5.74, 6) is -0.336. The Labute approximate surface area is 107 Å². The minimum atomic E-state index is -0.547. The summed E-state index contributed by atoms with van der Waals surface area (Å²) in [4.78, 5) is 4.12. The summed E-state index contributed by atoms with van der Waals surface area (Å²) in [5, 5.41) is 0. The summed E-state index contributed by atoms with van der Waals surface area (Å²) in [6.07, 6.45) is 2.67. The Kier molecular flexibility index (Phi) is 3.72. The molecule has 2 aromatic rings. The molecule has 0 aliphatic carbocycles. The van der Waals surface area contributed by atoms with E-state index in [0.717, 1.165) is 17.7 Å². The standard InChI is InChI=1S/C15H17FN2/c1-2-15(17,10-12-6-4-3-5-7-12)14-9-8-13(16)11-18-14/h3-9,11H,2,10,17H2,1H3. The van der Waals surface area contributed by atoms with E-state index in [9.17, 15) is 4.39 Å². The van der Waals surface area contributed by atoms with Crippen LogP contribution in [0.4, 0.5) is 4.39 Å². The average molecular weight is 244 g/mol. The second-order valence-electron chi connectivity index (χ2n) is 4.53. The van der Waals surface area contributed by atoms with Crippen LogP contribution in [0.2, 0.25) is 0 Å². The van der Waals surface area contributed by atoms with Crippen LogP contribution in [0.3, 0.4) is 0 Å². The van der Waals surface area contributed by atoms with Gasteiger partial charge < -0.3 is 5.73 Å². The molecule has 0 saturated carbocycles. The fourth-order valence-electron chi connectivity index (χ4n) is 2.03. The fraction of sp³-hybridized carbons (Fsp3) is 0.267. The lowest BCUT2D eigenvalue weighted by molar-refractivity contribution is 0.410. The molecule has 3 heteroatoms. The van der Waals surface area contributed by atoms with Crippen molar-refractivity contribution in [1.29, 1.82) is 0 Å². The number of pyridine rings is 1. The molecule has 0 fully saturated rings. The van der Waals surface area contributed by atoms with Crippen LogP contribution >= 0.6 is 0 Å². The Balaban J connectivity index is 2.28. The van der Waals surface area contributed by atoms with Gasteiger partial charge >= 0.3 is 0 Å². The molecular formula is C15H17FN2. The molecule has 1 aromatic carbocycles. The van der Waals surface area contributed by atoms with E-state index in [4.69, 9.17) is 5.73 Å². The molecule has 0 aliphatic rings. The van der Waals surface area contributed by atoms with Crippen molar-refractivity contribution < 1.29 is 4.39 Å². The second-order valence-corrected chi connectivity index (χ2v) is 4.53. The summed E-state index contributed by atoms with van der Waals surface area (Å²) in [5.41, 5.74) is 7.76. The van der Waals surface area contributed by atoms with E-state index >= 15 is 0 Å². The molecule has 0 bridgehead atoms. The van der Waals surface area contributed by atoms with Gasteiger partial charge in [-0.05, 0) is 30.5 Å². The molecule has 1 heterocycles. The molecule has 0 amide bonds. The molecule has 0 aliphatic heterocycles. The van der Waals surface area contributed by atoms with Gasteiger partial charge in [0.2, 0.25) is 0 Å². The molecule has 0 saturated heterocycles. The van der Waals surface area contributed by atoms with Gasteiger partial charge in [0.15, 0.2) is 0 Å². The van der Waals surface area contributed by atoms with Crippen LogP contribution in [0, 0.1) is 5.82 Å². The molecule has 2 rings (SSSR count). The van der Waals surface area contributed by atoms with Crippen LogP contribution in [0.25, 0.3) is 0 Å². The fourth-order valence-corrected chi connectivity index (χ4v) is 2.03. The summed E-state index contributed by atoms with van der Waals surface area (Å²) in [6, 6.07) is 13.1. The summed E-state index contributed by atoms with van der Waals surface area (Å²) in [6.45, 7) is 2.02. The lowest BCUT2D eigenvalue weighted by atomic mass is 9.86. The van der Waals surface area contributed by atoms with Gasteiger partial charge in [0.1, 0.15) is 5.82 Å². The molecule has 0 spiro atoms. The summed E-state index contributed by atoms with van der Waals surface area (Å²) >= 11 is 0. The van der Waals surface area contributed by atoms with Crippen molar-refractivity contribution in [2.45, 2.75) is 25.3 Å². The van der Waals surface area contributed by atoms with E-state index in [2.05, 4.69) is 4.98 Å². The highest BCUT2D eigenvalue weighted by atomic mass is 19.1. The lowest BCUT2D eigenvalue weighted by Gasteiger charge is -2.27. The highest BCUT2D eigenvalue weighted by molar-refractivity contribution is 5.23. The molecule has 94 valence electrons. The van der Waals surface area contributed by atoms with Crippen molar-refractivity contribution in [1.82, 2.24) is 4.98 Å². The van der Waals surface area contributed by atoms with Crippen LogP contribution < -0.4 is 5.73 Å². The molecular weight excluding hydrogens is 227 g/mol. The molecule has 0 radical (unpaired) electrons. The van der Waals surface area contributed by atoms with E-state index < -0.39 is 5.54 Å². The van der Waals surface area contributed by atoms with Crippen LogP contribution in [-0.4, -0.2) is 4.98 Å². The van der Waals surface area contributed by atoms with Gasteiger partial charge in [0.25, 0.3) is 0 Å². The number of nitrogens with two attached hydrogens (primary N) is 1. The van der Waals surface area contributed by atoms with Crippen LogP contribution in [0.5, 0.6) is 0 Å². The van der Waals surface area contributed by atoms with Crippen molar-refractivity contribution in [3.63, 3.8) is 0 Å². The van der Waals surface area contributed by atoms with Crippen molar-refractivity contribution >= 4 is 0 Å². The monoisotopic (exact) mass is 244 g/mol. The van der Waals surface area contributed by atoms with Gasteiger partial charge in [-0.2, -0.15) is 0 Å². The van der Waals surface area contributed by atoms with E-state index in [1.54, 1.807) is 6.07 Å². The van der Waals surface area contributed by atoms with Crippen LogP contribution in [-0.2, 0) is 12.0 Å². The zero-order chi connectivity index (χ0) is 13.0. The van der Waals surface area contributed by atoms with E-state index in [1.807, 2.05) is 37.3 Å². The first kappa shape index (κ1) is 12.7. The highest BCUT2D eigenvalue weighted by Crippen LogP contribution is 2.25. The zero-order valence-corrected chi connectivity index (χ0v) is 10.4. The predicted molar refractivity (Wildman–Crippen MR) is 70.5 cm³/mol. The number of halogens is 1. The van der Waals surface area contributed by atoms with Crippen molar-refractivity contribution in [3.8, 4) is 0 Å². The maximum absolute atomic E-state index is 12.9. The molecule has 2 N–H and O–H groups in total. The van der Waals surface area contributed by atoms with E-state index in [1.165, 1.54) is 12.3 Å². The number of hydrogen-bond donors (Lipinski definition) is 1. The summed E-state index contributed by atoms with van der Waals surface area (Å²) in [7, 11) is 0. The van der Waals surface area contributed by atoms with Crippen LogP contribution in [0.1, 0.15) is 24.6 Å². The van der Waals surface area contributed by atoms with Crippen molar-refractivity contribution in [2.75, 3.05) is 0 Å². The number of rotatable bonds is 4. The number of benzene rings is 1.